The Morgan fingerprint density at radius 2 is 1.88 bits per heavy atom. The molecule has 1 aromatic heterocycles. The van der Waals surface area contributed by atoms with Crippen molar-refractivity contribution in [2.45, 2.75) is 96.4 Å². The fourth-order valence-corrected chi connectivity index (χ4v) is 6.18. The van der Waals surface area contributed by atoms with Gasteiger partial charge in [-0.25, -0.2) is 23.5 Å². The Morgan fingerprint density at radius 1 is 1.12 bits per heavy atom. The Hall–Kier alpha value is -3.57. The molecule has 0 radical (unpaired) electrons. The molecule has 2 aromatic rings. The molecule has 2 fully saturated rings. The van der Waals surface area contributed by atoms with Gasteiger partial charge in [0, 0.05) is 12.0 Å². The SMILES string of the molecule is CC[C@@H]1[C@@H]2CN(C(=O)[C@H](C(C)(C)C)NC(=O)O[C@@H]3C[C@H]3CCCC(F)C(F)c3nc4ccc(OC)cc4nc3O2)[C@@H]1C=O. The number of hydrogen-bond acceptors (Lipinski definition) is 8. The summed E-state index contributed by atoms with van der Waals surface area (Å²) in [5.41, 5.74) is -0.255. The predicted octanol–water partition coefficient (Wildman–Crippen LogP) is 4.88. The molecule has 1 saturated carbocycles. The lowest BCUT2D eigenvalue weighted by Crippen LogP contribution is -2.56. The Labute approximate surface area is 249 Å². The van der Waals surface area contributed by atoms with Crippen LogP contribution in [-0.2, 0) is 14.3 Å². The minimum Gasteiger partial charge on any atom is -0.497 e. The number of carbonyl (C=O) groups excluding carboxylic acids is 3. The van der Waals surface area contributed by atoms with Crippen molar-refractivity contribution in [2.75, 3.05) is 13.7 Å². The van der Waals surface area contributed by atoms with E-state index in [0.717, 1.165) is 0 Å². The molecule has 1 aliphatic carbocycles. The Morgan fingerprint density at radius 3 is 2.56 bits per heavy atom. The number of ether oxygens (including phenoxy) is 3. The second-order valence-corrected chi connectivity index (χ2v) is 12.8. The van der Waals surface area contributed by atoms with Gasteiger partial charge in [-0.05, 0) is 49.1 Å². The molecule has 1 aromatic carbocycles. The van der Waals surface area contributed by atoms with Gasteiger partial charge < -0.3 is 29.2 Å². The number of nitrogens with zero attached hydrogens (tertiary/aromatic N) is 3. The van der Waals surface area contributed by atoms with Crippen LogP contribution in [0.4, 0.5) is 13.6 Å². The summed E-state index contributed by atoms with van der Waals surface area (Å²) in [5.74, 6) is -0.572. The van der Waals surface area contributed by atoms with Crippen molar-refractivity contribution in [3.05, 3.63) is 23.9 Å². The van der Waals surface area contributed by atoms with Gasteiger partial charge in [-0.1, -0.05) is 34.1 Å². The molecule has 3 heterocycles. The van der Waals surface area contributed by atoms with Crippen molar-refractivity contribution in [1.82, 2.24) is 20.2 Å². The van der Waals surface area contributed by atoms with E-state index in [1.54, 1.807) is 18.2 Å². The number of alkyl halides is 2. The molecule has 2 unspecified atom stereocenters. The van der Waals surface area contributed by atoms with Gasteiger partial charge in [0.05, 0.1) is 30.7 Å². The van der Waals surface area contributed by atoms with Crippen LogP contribution < -0.4 is 14.8 Å². The van der Waals surface area contributed by atoms with Crippen LogP contribution >= 0.6 is 0 Å². The summed E-state index contributed by atoms with van der Waals surface area (Å²) in [5, 5.41) is 2.73. The predicted molar refractivity (Wildman–Crippen MR) is 153 cm³/mol. The highest BCUT2D eigenvalue weighted by molar-refractivity contribution is 5.89. The van der Waals surface area contributed by atoms with E-state index >= 15 is 8.78 Å². The molecule has 1 saturated heterocycles. The molecular weight excluding hydrogens is 562 g/mol. The second-order valence-electron chi connectivity index (χ2n) is 12.8. The van der Waals surface area contributed by atoms with Gasteiger partial charge in [0.15, 0.2) is 6.17 Å². The van der Waals surface area contributed by atoms with Crippen molar-refractivity contribution < 1.29 is 37.4 Å². The fourth-order valence-electron chi connectivity index (χ4n) is 6.18. The standard InChI is InChI=1S/C31H40F2N4O6/c1-6-18-22(15-38)37-14-24(18)42-28-26(34-20-11-10-17(41-5)13-21(20)35-28)25(33)19(32)9-7-8-16-12-23(16)43-30(40)36-27(29(37)39)31(2,3)4/h10-11,13,15-16,18-19,22-25,27H,6-9,12,14H2,1-5H3,(H,36,40)/t16-,18+,19?,22-,23-,24+,25?,27-/m1/s1. The summed E-state index contributed by atoms with van der Waals surface area (Å²) in [6, 6.07) is 3.05. The number of nitrogens with one attached hydrogen (secondary N) is 1. The Bertz CT molecular complexity index is 1370. The van der Waals surface area contributed by atoms with Crippen molar-refractivity contribution in [1.29, 1.82) is 0 Å². The van der Waals surface area contributed by atoms with Crippen molar-refractivity contribution in [2.24, 2.45) is 17.3 Å². The van der Waals surface area contributed by atoms with Gasteiger partial charge in [0.2, 0.25) is 11.8 Å². The normalized spacial score (nSPS) is 31.9. The number of hydrogen-bond donors (Lipinski definition) is 1. The number of methoxy groups -OCH3 is 1. The number of aldehydes is 1. The van der Waals surface area contributed by atoms with Gasteiger partial charge in [-0.15, -0.1) is 0 Å². The number of carbonyl (C=O) groups is 3. The highest BCUT2D eigenvalue weighted by Gasteiger charge is 2.49. The first-order valence-electron chi connectivity index (χ1n) is 15.0. The minimum atomic E-state index is -2.11. The molecule has 43 heavy (non-hydrogen) atoms. The zero-order chi connectivity index (χ0) is 31.1. The van der Waals surface area contributed by atoms with Crippen molar-refractivity contribution in [3.63, 3.8) is 0 Å². The van der Waals surface area contributed by atoms with E-state index in [9.17, 15) is 14.4 Å². The summed E-state index contributed by atoms with van der Waals surface area (Å²) in [6.07, 6.45) is -3.16. The number of fused-ring (bicyclic) bond motifs is 5. The van der Waals surface area contributed by atoms with Gasteiger partial charge >= 0.3 is 6.09 Å². The van der Waals surface area contributed by atoms with E-state index in [-0.39, 0.29) is 36.6 Å². The lowest BCUT2D eigenvalue weighted by molar-refractivity contribution is -0.139. The van der Waals surface area contributed by atoms with Crippen LogP contribution in [0.2, 0.25) is 0 Å². The summed E-state index contributed by atoms with van der Waals surface area (Å²) >= 11 is 0. The van der Waals surface area contributed by atoms with E-state index in [1.807, 2.05) is 27.7 Å². The van der Waals surface area contributed by atoms with Crippen LogP contribution in [-0.4, -0.2) is 77.3 Å². The smallest absolute Gasteiger partial charge is 0.408 e. The molecule has 0 spiro atoms. The first-order chi connectivity index (χ1) is 20.4. The Balaban J connectivity index is 1.56. The van der Waals surface area contributed by atoms with Gasteiger partial charge in [0.1, 0.15) is 42.2 Å². The summed E-state index contributed by atoms with van der Waals surface area (Å²) in [7, 11) is 1.50. The topological polar surface area (TPSA) is 120 Å². The van der Waals surface area contributed by atoms with E-state index in [2.05, 4.69) is 15.3 Å². The lowest BCUT2D eigenvalue weighted by Gasteiger charge is -2.34. The van der Waals surface area contributed by atoms with E-state index in [0.29, 0.717) is 48.8 Å². The number of amides is 2. The third-order valence-electron chi connectivity index (χ3n) is 8.80. The first-order valence-corrected chi connectivity index (χ1v) is 15.0. The maximum Gasteiger partial charge on any atom is 0.408 e. The monoisotopic (exact) mass is 602 g/mol. The first kappa shape index (κ1) is 30.9. The Kier molecular flexibility index (Phi) is 8.76. The summed E-state index contributed by atoms with van der Waals surface area (Å²) in [6.45, 7) is 7.29. The fraction of sp³-hybridized carbons (Fsp3) is 0.645. The van der Waals surface area contributed by atoms with E-state index in [4.69, 9.17) is 14.2 Å². The highest BCUT2D eigenvalue weighted by atomic mass is 19.2. The highest BCUT2D eigenvalue weighted by Crippen LogP contribution is 2.41. The largest absolute Gasteiger partial charge is 0.497 e. The van der Waals surface area contributed by atoms with Crippen molar-refractivity contribution >= 4 is 29.3 Å². The zero-order valence-electron chi connectivity index (χ0n) is 25.2. The average Bonchev–Trinajstić information content (AvgIpc) is 3.60. The van der Waals surface area contributed by atoms with Gasteiger partial charge in [-0.3, -0.25) is 4.79 Å². The van der Waals surface area contributed by atoms with Crippen LogP contribution in [0.3, 0.4) is 0 Å². The number of aromatic nitrogens is 2. The van der Waals surface area contributed by atoms with Crippen LogP contribution in [0.25, 0.3) is 11.0 Å². The summed E-state index contributed by atoms with van der Waals surface area (Å²) < 4.78 is 48.4. The number of alkyl carbamates (subject to hydrolysis) is 1. The molecule has 2 amide bonds. The molecule has 10 nitrogen and oxygen atoms in total. The quantitative estimate of drug-likeness (QED) is 0.494. The lowest BCUT2D eigenvalue weighted by atomic mass is 9.85. The molecule has 12 heteroatoms. The van der Waals surface area contributed by atoms with Crippen LogP contribution in [0, 0.1) is 17.3 Å². The van der Waals surface area contributed by atoms with Crippen LogP contribution in [0.5, 0.6) is 11.6 Å². The molecule has 3 aliphatic rings. The van der Waals surface area contributed by atoms with E-state index in [1.165, 1.54) is 12.0 Å². The molecular formula is C31H40F2N4O6. The van der Waals surface area contributed by atoms with Gasteiger partial charge in [-0.2, -0.15) is 0 Å². The maximum absolute atomic E-state index is 15.9. The summed E-state index contributed by atoms with van der Waals surface area (Å²) in [4.78, 5) is 49.6. The minimum absolute atomic E-state index is 0.0258. The second kappa shape index (κ2) is 12.2. The molecule has 5 rings (SSSR count). The molecule has 1 N–H and O–H groups in total. The van der Waals surface area contributed by atoms with Gasteiger partial charge in [0.25, 0.3) is 0 Å². The number of rotatable bonds is 3. The molecule has 2 aliphatic heterocycles. The third-order valence-corrected chi connectivity index (χ3v) is 8.80. The molecule has 234 valence electrons. The number of halogens is 2. The average molecular weight is 603 g/mol. The zero-order valence-corrected chi connectivity index (χ0v) is 25.2. The number of benzene rings is 1. The van der Waals surface area contributed by atoms with Crippen LogP contribution in [0.15, 0.2) is 18.2 Å². The third kappa shape index (κ3) is 6.38. The van der Waals surface area contributed by atoms with Crippen LogP contribution in [0.1, 0.15) is 71.7 Å². The molecule has 2 bridgehead atoms. The molecule has 8 atom stereocenters. The maximum atomic E-state index is 15.9. The van der Waals surface area contributed by atoms with E-state index < -0.39 is 53.9 Å². The van der Waals surface area contributed by atoms with Crippen molar-refractivity contribution in [3.8, 4) is 11.6 Å².